The van der Waals surface area contributed by atoms with Crippen LogP contribution in [-0.2, 0) is 20.3 Å². The first-order valence-electron chi connectivity index (χ1n) is 9.43. The predicted octanol–water partition coefficient (Wildman–Crippen LogP) is 1.83. The predicted molar refractivity (Wildman–Crippen MR) is 116 cm³/mol. The highest BCUT2D eigenvalue weighted by atomic mass is 32.2. The fourth-order valence-electron chi connectivity index (χ4n) is 2.81. The van der Waals surface area contributed by atoms with E-state index < -0.39 is 16.1 Å². The van der Waals surface area contributed by atoms with E-state index in [4.69, 9.17) is 28.0 Å². The molecule has 0 aliphatic carbocycles. The molecule has 170 valence electrons. The summed E-state index contributed by atoms with van der Waals surface area (Å²) in [6.07, 6.45) is 2.44. The second-order valence-corrected chi connectivity index (χ2v) is 8.93. The van der Waals surface area contributed by atoms with E-state index in [2.05, 4.69) is 20.8 Å². The lowest BCUT2D eigenvalue weighted by molar-refractivity contribution is -0.359. The number of nitrogens with two attached hydrogens (primary N) is 1. The van der Waals surface area contributed by atoms with Gasteiger partial charge in [-0.25, -0.2) is 18.2 Å². The van der Waals surface area contributed by atoms with Crippen LogP contribution in [0, 0.1) is 0 Å². The zero-order chi connectivity index (χ0) is 23.4. The smallest absolute Gasteiger partial charge is 0.324 e. The van der Waals surface area contributed by atoms with Crippen LogP contribution in [0.4, 0.5) is 22.1 Å². The molecule has 2 aromatic heterocycles. The maximum Gasteiger partial charge on any atom is 0.324 e. The van der Waals surface area contributed by atoms with E-state index in [1.165, 1.54) is 0 Å². The summed E-state index contributed by atoms with van der Waals surface area (Å²) in [7, 11) is -3.92. The standard InChI is InChI=1S/C19H19N5O3.CH4O3S/c1-19(10-26-11-19)15-8-17(24-27-15)23-18(25)22-14-5-2-12(3-6-14)13-4-7-16(20)21-9-13;1-5(2,3)4/h2-9H,10-11H2,1H3,(H2,20,21)(H2,22,23,24,25);1H3,(H,2,3,4). The van der Waals surface area contributed by atoms with E-state index >= 15 is 0 Å². The number of hydrogen-bond acceptors (Lipinski definition) is 8. The van der Waals surface area contributed by atoms with Crippen molar-refractivity contribution in [2.75, 3.05) is 35.8 Å². The number of rotatable bonds is 4. The van der Waals surface area contributed by atoms with Crippen LogP contribution in [0.2, 0.25) is 0 Å². The Labute approximate surface area is 184 Å². The number of pyridine rings is 1. The third-order valence-corrected chi connectivity index (χ3v) is 4.50. The Hall–Kier alpha value is -3.48. The van der Waals surface area contributed by atoms with Crippen molar-refractivity contribution in [2.45, 2.75) is 12.3 Å². The van der Waals surface area contributed by atoms with E-state index in [0.717, 1.165) is 11.1 Å². The molecule has 4 rings (SSSR count). The van der Waals surface area contributed by atoms with Gasteiger partial charge in [0.25, 0.3) is 5.82 Å². The van der Waals surface area contributed by atoms with Crippen LogP contribution in [0.25, 0.3) is 11.1 Å². The second kappa shape index (κ2) is 9.34. The van der Waals surface area contributed by atoms with Crippen molar-refractivity contribution in [3.8, 4) is 11.1 Å². The first-order chi connectivity index (χ1) is 15.0. The summed E-state index contributed by atoms with van der Waals surface area (Å²) >= 11 is 0. The van der Waals surface area contributed by atoms with Crippen LogP contribution in [0.15, 0.2) is 53.2 Å². The molecular formula is C20H23N5O6S. The molecule has 12 heteroatoms. The van der Waals surface area contributed by atoms with Gasteiger partial charge < -0.3 is 19.1 Å². The minimum atomic E-state index is -3.92. The molecule has 1 saturated heterocycles. The Bertz CT molecular complexity index is 1160. The Morgan fingerprint density at radius 2 is 1.78 bits per heavy atom. The molecule has 1 aromatic carbocycles. The summed E-state index contributed by atoms with van der Waals surface area (Å²) in [5, 5.41) is 9.33. The third-order valence-electron chi connectivity index (χ3n) is 4.50. The highest BCUT2D eigenvalue weighted by Crippen LogP contribution is 2.32. The van der Waals surface area contributed by atoms with Gasteiger partial charge in [0, 0.05) is 29.6 Å². The number of carbonyl (C=O) groups excluding carboxylic acids is 1. The Kier molecular flexibility index (Phi) is 6.77. The minimum Gasteiger partial charge on any atom is -0.748 e. The number of aromatic nitrogens is 2. The fourth-order valence-corrected chi connectivity index (χ4v) is 2.81. The Morgan fingerprint density at radius 3 is 2.31 bits per heavy atom. The quantitative estimate of drug-likeness (QED) is 0.493. The number of nitrogen functional groups attached to an aromatic ring is 1. The summed E-state index contributed by atoms with van der Waals surface area (Å²) in [5.74, 6) is 1.67. The molecule has 1 aliphatic heterocycles. The van der Waals surface area contributed by atoms with Gasteiger partial charge >= 0.3 is 6.03 Å². The number of aromatic amines is 1. The summed E-state index contributed by atoms with van der Waals surface area (Å²) in [4.78, 5) is 15.1. The number of benzene rings is 1. The lowest BCUT2D eigenvalue weighted by Gasteiger charge is -2.35. The van der Waals surface area contributed by atoms with Crippen molar-refractivity contribution < 1.29 is 32.0 Å². The molecule has 3 aromatic rings. The fraction of sp³-hybridized carbons (Fsp3) is 0.250. The summed E-state index contributed by atoms with van der Waals surface area (Å²) in [6, 6.07) is 12.6. The molecule has 0 spiro atoms. The first-order valence-corrected chi connectivity index (χ1v) is 11.2. The van der Waals surface area contributed by atoms with E-state index in [0.29, 0.717) is 42.6 Å². The molecule has 1 fully saturated rings. The third kappa shape index (κ3) is 6.51. The van der Waals surface area contributed by atoms with Crippen LogP contribution in [0.3, 0.4) is 0 Å². The van der Waals surface area contributed by atoms with Crippen LogP contribution in [0.5, 0.6) is 0 Å². The number of anilines is 3. The van der Waals surface area contributed by atoms with Crippen molar-refractivity contribution in [1.82, 2.24) is 5.16 Å². The minimum absolute atomic E-state index is 0.168. The summed E-state index contributed by atoms with van der Waals surface area (Å²) in [6.45, 7) is 3.21. The lowest BCUT2D eigenvalue weighted by atomic mass is 9.86. The number of hydrogen-bond donors (Lipinski definition) is 3. The Balaban J connectivity index is 0.000000523. The molecule has 5 N–H and O–H groups in total. The van der Waals surface area contributed by atoms with Crippen molar-refractivity contribution in [1.29, 1.82) is 0 Å². The van der Waals surface area contributed by atoms with Crippen molar-refractivity contribution in [2.24, 2.45) is 0 Å². The summed E-state index contributed by atoms with van der Waals surface area (Å²) < 4.78 is 37.8. The number of nitrogens with zero attached hydrogens (tertiary/aromatic N) is 1. The molecule has 0 radical (unpaired) electrons. The average Bonchev–Trinajstić information content (AvgIpc) is 3.15. The van der Waals surface area contributed by atoms with Gasteiger partial charge in [-0.2, -0.15) is 0 Å². The lowest BCUT2D eigenvalue weighted by Crippen LogP contribution is -2.43. The van der Waals surface area contributed by atoms with Crippen LogP contribution >= 0.6 is 0 Å². The highest BCUT2D eigenvalue weighted by Gasteiger charge is 2.39. The normalized spacial score (nSPS) is 14.5. The molecule has 32 heavy (non-hydrogen) atoms. The molecule has 1 aliphatic rings. The molecule has 0 bridgehead atoms. The molecule has 0 unspecified atom stereocenters. The number of amides is 2. The highest BCUT2D eigenvalue weighted by molar-refractivity contribution is 7.84. The first kappa shape index (κ1) is 23.2. The van der Waals surface area contributed by atoms with Gasteiger partial charge in [-0.15, -0.1) is 0 Å². The molecule has 0 atom stereocenters. The number of H-pyrrole nitrogens is 1. The van der Waals surface area contributed by atoms with Gasteiger partial charge in [0.1, 0.15) is 5.76 Å². The van der Waals surface area contributed by atoms with Gasteiger partial charge in [-0.05, 0) is 30.7 Å². The van der Waals surface area contributed by atoms with E-state index in [-0.39, 0.29) is 5.41 Å². The number of carbonyl (C=O) groups is 1. The SMILES string of the molecule is CC1(c2cc(NC(=O)Nc3ccc(-c4ccc(N)[nH+]c4)cc3)no2)COC1.CS(=O)(=O)[O-]. The molecular weight excluding hydrogens is 438 g/mol. The van der Waals surface area contributed by atoms with Gasteiger partial charge in [0.2, 0.25) is 0 Å². The van der Waals surface area contributed by atoms with Gasteiger partial charge in [-0.1, -0.05) is 17.3 Å². The maximum atomic E-state index is 12.2. The molecule has 0 saturated carbocycles. The zero-order valence-corrected chi connectivity index (χ0v) is 18.2. The monoisotopic (exact) mass is 461 g/mol. The van der Waals surface area contributed by atoms with Crippen molar-refractivity contribution >= 4 is 33.5 Å². The van der Waals surface area contributed by atoms with Crippen molar-refractivity contribution in [3.05, 3.63) is 54.4 Å². The van der Waals surface area contributed by atoms with Gasteiger partial charge in [0.05, 0.1) is 34.9 Å². The average molecular weight is 462 g/mol. The van der Waals surface area contributed by atoms with Crippen LogP contribution in [-0.4, -0.2) is 43.6 Å². The van der Waals surface area contributed by atoms with E-state index in [1.54, 1.807) is 12.1 Å². The van der Waals surface area contributed by atoms with E-state index in [1.807, 2.05) is 43.5 Å². The number of ether oxygens (including phenoxy) is 1. The number of nitrogens with one attached hydrogen (secondary N) is 3. The maximum absolute atomic E-state index is 12.2. The molecule has 2 amide bonds. The van der Waals surface area contributed by atoms with Crippen LogP contribution < -0.4 is 21.4 Å². The van der Waals surface area contributed by atoms with E-state index in [9.17, 15) is 4.79 Å². The topological polar surface area (TPSA) is 174 Å². The second-order valence-electron chi connectivity index (χ2n) is 7.52. The number of urea groups is 1. The Morgan fingerprint density at radius 1 is 1.16 bits per heavy atom. The zero-order valence-electron chi connectivity index (χ0n) is 17.4. The van der Waals surface area contributed by atoms with Gasteiger partial charge in [0.15, 0.2) is 5.82 Å². The summed E-state index contributed by atoms with van der Waals surface area (Å²) in [5.41, 5.74) is 8.17. The van der Waals surface area contributed by atoms with Crippen molar-refractivity contribution in [3.63, 3.8) is 0 Å². The molecule has 3 heterocycles. The largest absolute Gasteiger partial charge is 0.748 e. The van der Waals surface area contributed by atoms with Crippen LogP contribution in [0.1, 0.15) is 12.7 Å². The van der Waals surface area contributed by atoms with Gasteiger partial charge in [-0.3, -0.25) is 11.1 Å². The molecule has 11 nitrogen and oxygen atoms in total.